The summed E-state index contributed by atoms with van der Waals surface area (Å²) in [5.41, 5.74) is 7.87. The van der Waals surface area contributed by atoms with Gasteiger partial charge in [0.15, 0.2) is 0 Å². The third kappa shape index (κ3) is 4.86. The Morgan fingerprint density at radius 3 is 2.31 bits per heavy atom. The molecule has 2 aromatic carbocycles. The Morgan fingerprint density at radius 2 is 1.66 bits per heavy atom. The number of hydrogen-bond acceptors (Lipinski definition) is 5. The minimum absolute atomic E-state index is 0.224. The molecule has 0 spiro atoms. The van der Waals surface area contributed by atoms with E-state index < -0.39 is 11.8 Å². The molecule has 0 atom stereocenters. The van der Waals surface area contributed by atoms with Gasteiger partial charge in [-0.1, -0.05) is 47.6 Å². The predicted molar refractivity (Wildman–Crippen MR) is 106 cm³/mol. The van der Waals surface area contributed by atoms with E-state index in [0.717, 1.165) is 11.1 Å². The molecule has 3 amide bonds. The molecule has 8 heteroatoms. The molecule has 0 saturated carbocycles. The van der Waals surface area contributed by atoms with Gasteiger partial charge in [-0.3, -0.25) is 14.4 Å². The molecular weight excluding hydrogens is 372 g/mol. The minimum Gasteiger partial charge on any atom is -0.368 e. The van der Waals surface area contributed by atoms with Gasteiger partial charge in [0.1, 0.15) is 17.0 Å². The van der Waals surface area contributed by atoms with Crippen LogP contribution in [0, 0.1) is 6.92 Å². The van der Waals surface area contributed by atoms with Crippen molar-refractivity contribution in [2.45, 2.75) is 13.5 Å². The summed E-state index contributed by atoms with van der Waals surface area (Å²) in [5.74, 6) is -0.878. The lowest BCUT2D eigenvalue weighted by Gasteiger charge is -2.07. The second kappa shape index (κ2) is 8.83. The summed E-state index contributed by atoms with van der Waals surface area (Å²) in [5, 5.41) is 9.26. The smallest absolute Gasteiger partial charge is 0.257 e. The number of hydrogen-bond donors (Lipinski definition) is 3. The fourth-order valence-corrected chi connectivity index (χ4v) is 2.75. The van der Waals surface area contributed by atoms with Crippen molar-refractivity contribution in [2.24, 2.45) is 5.73 Å². The zero-order chi connectivity index (χ0) is 20.8. The van der Waals surface area contributed by atoms with Gasteiger partial charge in [-0.2, -0.15) is 0 Å². The number of amides is 3. The van der Waals surface area contributed by atoms with Gasteiger partial charge in [0, 0.05) is 17.7 Å². The van der Waals surface area contributed by atoms with Gasteiger partial charge in [0.25, 0.3) is 11.8 Å². The van der Waals surface area contributed by atoms with E-state index >= 15 is 0 Å². The van der Waals surface area contributed by atoms with Crippen molar-refractivity contribution in [3.63, 3.8) is 0 Å². The quantitative estimate of drug-likeness (QED) is 0.565. The third-order valence-corrected chi connectivity index (χ3v) is 4.23. The first-order valence-electron chi connectivity index (χ1n) is 8.91. The molecule has 0 radical (unpaired) electrons. The van der Waals surface area contributed by atoms with Gasteiger partial charge in [0.2, 0.25) is 5.91 Å². The lowest BCUT2D eigenvalue weighted by Crippen LogP contribution is -2.33. The first-order chi connectivity index (χ1) is 14.0. The summed E-state index contributed by atoms with van der Waals surface area (Å²) in [6, 6.07) is 16.0. The molecular formula is C21H20N4O4. The molecule has 0 aliphatic rings. The summed E-state index contributed by atoms with van der Waals surface area (Å²) in [7, 11) is 0. The zero-order valence-corrected chi connectivity index (χ0v) is 15.8. The highest BCUT2D eigenvalue weighted by Crippen LogP contribution is 2.24. The van der Waals surface area contributed by atoms with Crippen LogP contribution in [0.5, 0.6) is 0 Å². The van der Waals surface area contributed by atoms with E-state index in [0.29, 0.717) is 22.6 Å². The van der Waals surface area contributed by atoms with Crippen molar-refractivity contribution in [2.75, 3.05) is 6.54 Å². The molecule has 0 aliphatic carbocycles. The van der Waals surface area contributed by atoms with Crippen LogP contribution in [0.15, 0.2) is 59.1 Å². The van der Waals surface area contributed by atoms with Gasteiger partial charge in [-0.05, 0) is 24.6 Å². The number of rotatable bonds is 7. The van der Waals surface area contributed by atoms with Crippen molar-refractivity contribution < 1.29 is 18.9 Å². The van der Waals surface area contributed by atoms with Crippen molar-refractivity contribution in [1.82, 2.24) is 15.8 Å². The van der Waals surface area contributed by atoms with Crippen LogP contribution in [-0.2, 0) is 11.3 Å². The maximum atomic E-state index is 12.7. The van der Waals surface area contributed by atoms with Crippen molar-refractivity contribution in [1.29, 1.82) is 0 Å². The van der Waals surface area contributed by atoms with E-state index in [4.69, 9.17) is 10.3 Å². The molecule has 1 heterocycles. The molecule has 0 aliphatic heterocycles. The molecule has 0 bridgehead atoms. The van der Waals surface area contributed by atoms with Crippen molar-refractivity contribution >= 4 is 17.7 Å². The Labute approximate surface area is 167 Å². The molecule has 29 heavy (non-hydrogen) atoms. The van der Waals surface area contributed by atoms with Crippen LogP contribution >= 0.6 is 0 Å². The molecule has 4 N–H and O–H groups in total. The molecule has 1 aromatic heterocycles. The maximum absolute atomic E-state index is 12.7. The standard InChI is InChI=1S/C21H20N4O4/c1-13-18(19(25-29-13)15-5-3-2-4-6-15)21(28)23-11-14-7-9-16(10-8-14)20(27)24-12-17(22)26/h2-10H,11-12H2,1H3,(H2,22,26)(H,23,28)(H,24,27). The second-order valence-corrected chi connectivity index (χ2v) is 6.36. The number of carbonyl (C=O) groups is 3. The highest BCUT2D eigenvalue weighted by atomic mass is 16.5. The van der Waals surface area contributed by atoms with E-state index in [2.05, 4.69) is 15.8 Å². The Balaban J connectivity index is 1.65. The molecule has 0 saturated heterocycles. The topological polar surface area (TPSA) is 127 Å². The Kier molecular flexibility index (Phi) is 6.03. The van der Waals surface area contributed by atoms with Crippen molar-refractivity contribution in [3.8, 4) is 11.3 Å². The number of primary amides is 1. The van der Waals surface area contributed by atoms with E-state index in [1.807, 2.05) is 30.3 Å². The van der Waals surface area contributed by atoms with Gasteiger partial charge >= 0.3 is 0 Å². The number of carbonyl (C=O) groups excluding carboxylic acids is 3. The van der Waals surface area contributed by atoms with Crippen LogP contribution < -0.4 is 16.4 Å². The van der Waals surface area contributed by atoms with Crippen LogP contribution in [0.25, 0.3) is 11.3 Å². The number of benzene rings is 2. The number of nitrogens with zero attached hydrogens (tertiary/aromatic N) is 1. The van der Waals surface area contributed by atoms with E-state index in [1.54, 1.807) is 31.2 Å². The number of aryl methyl sites for hydroxylation is 1. The van der Waals surface area contributed by atoms with Crippen LogP contribution in [0.3, 0.4) is 0 Å². The van der Waals surface area contributed by atoms with Crippen LogP contribution in [0.2, 0.25) is 0 Å². The normalized spacial score (nSPS) is 10.4. The zero-order valence-electron chi connectivity index (χ0n) is 15.8. The molecule has 3 aromatic rings. The molecule has 0 unspecified atom stereocenters. The van der Waals surface area contributed by atoms with Gasteiger partial charge in [-0.25, -0.2) is 0 Å². The van der Waals surface area contributed by atoms with E-state index in [1.165, 1.54) is 0 Å². The summed E-state index contributed by atoms with van der Waals surface area (Å²) in [4.78, 5) is 35.3. The van der Waals surface area contributed by atoms with E-state index in [-0.39, 0.29) is 19.0 Å². The fraction of sp³-hybridized carbons (Fsp3) is 0.143. The van der Waals surface area contributed by atoms with Gasteiger partial charge in [-0.15, -0.1) is 0 Å². The Morgan fingerprint density at radius 1 is 0.966 bits per heavy atom. The highest BCUT2D eigenvalue weighted by molar-refractivity contribution is 6.00. The van der Waals surface area contributed by atoms with Gasteiger partial charge < -0.3 is 20.9 Å². The minimum atomic E-state index is -0.614. The van der Waals surface area contributed by atoms with Crippen LogP contribution in [0.1, 0.15) is 32.0 Å². The molecule has 0 fully saturated rings. The molecule has 8 nitrogen and oxygen atoms in total. The molecule has 3 rings (SSSR count). The average molecular weight is 392 g/mol. The lowest BCUT2D eigenvalue weighted by molar-refractivity contribution is -0.117. The monoisotopic (exact) mass is 392 g/mol. The Bertz CT molecular complexity index is 1030. The largest absolute Gasteiger partial charge is 0.368 e. The van der Waals surface area contributed by atoms with Gasteiger partial charge in [0.05, 0.1) is 6.54 Å². The van der Waals surface area contributed by atoms with E-state index in [9.17, 15) is 14.4 Å². The third-order valence-electron chi connectivity index (χ3n) is 4.23. The number of aromatic nitrogens is 1. The predicted octanol–water partition coefficient (Wildman–Crippen LogP) is 1.80. The lowest BCUT2D eigenvalue weighted by atomic mass is 10.1. The van der Waals surface area contributed by atoms with Crippen LogP contribution in [0.4, 0.5) is 0 Å². The second-order valence-electron chi connectivity index (χ2n) is 6.36. The van der Waals surface area contributed by atoms with Crippen LogP contribution in [-0.4, -0.2) is 29.4 Å². The number of nitrogens with two attached hydrogens (primary N) is 1. The summed E-state index contributed by atoms with van der Waals surface area (Å²) in [6.45, 7) is 1.73. The highest BCUT2D eigenvalue weighted by Gasteiger charge is 2.21. The first kappa shape index (κ1) is 19.8. The number of nitrogens with one attached hydrogen (secondary N) is 2. The Hall–Kier alpha value is -3.94. The SMILES string of the molecule is Cc1onc(-c2ccccc2)c1C(=O)NCc1ccc(C(=O)NCC(N)=O)cc1. The average Bonchev–Trinajstić information content (AvgIpc) is 3.12. The maximum Gasteiger partial charge on any atom is 0.257 e. The first-order valence-corrected chi connectivity index (χ1v) is 8.91. The summed E-state index contributed by atoms with van der Waals surface area (Å²) < 4.78 is 5.22. The molecule has 148 valence electrons. The van der Waals surface area contributed by atoms with Crippen molar-refractivity contribution in [3.05, 3.63) is 77.0 Å². The summed E-state index contributed by atoms with van der Waals surface area (Å²) in [6.07, 6.45) is 0. The fourth-order valence-electron chi connectivity index (χ4n) is 2.75. The summed E-state index contributed by atoms with van der Waals surface area (Å²) >= 11 is 0.